The lowest BCUT2D eigenvalue weighted by Crippen LogP contribution is -2.65. The van der Waals surface area contributed by atoms with Crippen molar-refractivity contribution < 1.29 is 41.9 Å². The highest BCUT2D eigenvalue weighted by atomic mass is 32.2. The van der Waals surface area contributed by atoms with Crippen LogP contribution in [0.3, 0.4) is 0 Å². The summed E-state index contributed by atoms with van der Waals surface area (Å²) >= 11 is 0. The fourth-order valence-electron chi connectivity index (χ4n) is 10.0. The van der Waals surface area contributed by atoms with Crippen LogP contribution in [0.15, 0.2) is 120 Å². The molecule has 2 N–H and O–H groups in total. The number of fused-ring (bicyclic) bond motifs is 1. The number of aryl methyl sites for hydroxylation is 1. The normalized spacial score (nSPS) is 23.2. The minimum Gasteiger partial charge on any atom is -0.395 e. The first-order chi connectivity index (χ1) is 34.2. The van der Waals surface area contributed by atoms with Crippen molar-refractivity contribution >= 4 is 10.0 Å². The Kier molecular flexibility index (Phi) is 22.2. The Labute approximate surface area is 419 Å². The predicted molar refractivity (Wildman–Crippen MR) is 275 cm³/mol. The topological polar surface area (TPSA) is 128 Å². The molecule has 0 spiro atoms. The zero-order valence-corrected chi connectivity index (χ0v) is 42.7. The molecule has 0 saturated carbocycles. The van der Waals surface area contributed by atoms with Gasteiger partial charge in [-0.05, 0) is 36.6 Å². The number of β-amino-alcohol motifs (C(OH)–C–C–N with tert-alkyl or cyclic N) is 1. The van der Waals surface area contributed by atoms with Crippen molar-refractivity contribution in [3.05, 3.63) is 138 Å². The van der Waals surface area contributed by atoms with E-state index in [0.717, 1.165) is 67.7 Å². The minimum atomic E-state index is -4.02. The number of sulfonamides is 1. The Morgan fingerprint density at radius 2 is 1.20 bits per heavy atom. The third-order valence-corrected chi connectivity index (χ3v) is 15.6. The van der Waals surface area contributed by atoms with E-state index in [0.29, 0.717) is 26.1 Å². The van der Waals surface area contributed by atoms with Crippen LogP contribution in [0.5, 0.6) is 0 Å². The molecule has 0 bridgehead atoms. The van der Waals surface area contributed by atoms with Crippen LogP contribution in [-0.2, 0) is 51.7 Å². The van der Waals surface area contributed by atoms with E-state index in [1.807, 2.05) is 110 Å². The van der Waals surface area contributed by atoms with Crippen molar-refractivity contribution in [2.24, 2.45) is 0 Å². The number of unbranched alkanes of at least 4 members (excludes halogenated alkanes) is 11. The molecule has 3 fully saturated rings. The van der Waals surface area contributed by atoms with Crippen molar-refractivity contribution in [3.63, 3.8) is 0 Å². The van der Waals surface area contributed by atoms with Crippen molar-refractivity contribution in [1.29, 1.82) is 0 Å². The molecule has 3 aliphatic rings. The van der Waals surface area contributed by atoms with Gasteiger partial charge in [0, 0.05) is 44.8 Å². The van der Waals surface area contributed by atoms with Crippen LogP contribution >= 0.6 is 0 Å². The molecule has 0 aromatic heterocycles. The molecule has 3 heterocycles. The number of hydrogen-bond acceptors (Lipinski definition) is 11. The second kappa shape index (κ2) is 28.6. The SMILES string of the molecule is CCCCCCCCCCCCCCC(CO[C@@H]1O[C@@H]2CO[C@H](c3ccccc3)O[C@@H]2[C@H](OCc2ccccc2)[C@H]1OCc1ccccc1)(CN1CCN(CCO)CC1)NS(=O)(=O)c1ccc(C)cc1. The molecule has 4 aromatic carbocycles. The van der Waals surface area contributed by atoms with Gasteiger partial charge in [-0.25, -0.2) is 13.1 Å². The maximum atomic E-state index is 14.7. The monoisotopic (exact) mass is 984 g/mol. The van der Waals surface area contributed by atoms with E-state index >= 15 is 0 Å². The Hall–Kier alpha value is -3.57. The van der Waals surface area contributed by atoms with Crippen LogP contribution in [0.4, 0.5) is 0 Å². The van der Waals surface area contributed by atoms with Gasteiger partial charge in [-0.2, -0.15) is 0 Å². The first-order valence-electron chi connectivity index (χ1n) is 26.3. The van der Waals surface area contributed by atoms with Gasteiger partial charge in [0.2, 0.25) is 10.0 Å². The molecule has 3 aliphatic heterocycles. The second-order valence-electron chi connectivity index (χ2n) is 19.7. The minimum absolute atomic E-state index is 0.0139. The van der Waals surface area contributed by atoms with Gasteiger partial charge in [0.15, 0.2) is 12.6 Å². The van der Waals surface area contributed by atoms with E-state index in [2.05, 4.69) is 21.4 Å². The average Bonchev–Trinajstić information content (AvgIpc) is 3.38. The molecule has 1 unspecified atom stereocenters. The van der Waals surface area contributed by atoms with Gasteiger partial charge >= 0.3 is 0 Å². The maximum Gasteiger partial charge on any atom is 0.241 e. The summed E-state index contributed by atoms with van der Waals surface area (Å²) in [6, 6.07) is 37.0. The third kappa shape index (κ3) is 16.7. The van der Waals surface area contributed by atoms with Gasteiger partial charge in [0.1, 0.15) is 24.4 Å². The molecular weight excluding hydrogens is 903 g/mol. The Morgan fingerprint density at radius 3 is 1.79 bits per heavy atom. The number of nitrogens with one attached hydrogen (secondary N) is 1. The highest BCUT2D eigenvalue weighted by molar-refractivity contribution is 7.89. The Balaban J connectivity index is 1.17. The second-order valence-corrected chi connectivity index (χ2v) is 21.4. The smallest absolute Gasteiger partial charge is 0.241 e. The third-order valence-electron chi connectivity index (χ3n) is 14.0. The van der Waals surface area contributed by atoms with Crippen molar-refractivity contribution in [3.8, 4) is 0 Å². The van der Waals surface area contributed by atoms with E-state index in [-0.39, 0.29) is 31.3 Å². The fourth-order valence-corrected chi connectivity index (χ4v) is 11.4. The van der Waals surface area contributed by atoms with Crippen LogP contribution in [0, 0.1) is 6.92 Å². The summed E-state index contributed by atoms with van der Waals surface area (Å²) in [5.74, 6) is 0. The van der Waals surface area contributed by atoms with E-state index in [1.54, 1.807) is 12.1 Å². The molecule has 384 valence electrons. The lowest BCUT2D eigenvalue weighted by molar-refractivity contribution is -0.373. The molecule has 7 rings (SSSR count). The van der Waals surface area contributed by atoms with Crippen LogP contribution in [0.25, 0.3) is 0 Å². The number of nitrogens with zero attached hydrogens (tertiary/aromatic N) is 2. The van der Waals surface area contributed by atoms with Gasteiger partial charge in [-0.3, -0.25) is 9.80 Å². The van der Waals surface area contributed by atoms with E-state index in [1.165, 1.54) is 57.8 Å². The van der Waals surface area contributed by atoms with Gasteiger partial charge < -0.3 is 33.5 Å². The summed E-state index contributed by atoms with van der Waals surface area (Å²) in [6.07, 6.45) is 10.8. The van der Waals surface area contributed by atoms with Crippen molar-refractivity contribution in [2.75, 3.05) is 59.1 Å². The number of rotatable bonds is 30. The average molecular weight is 984 g/mol. The molecule has 7 atom stereocenters. The highest BCUT2D eigenvalue weighted by Gasteiger charge is 2.53. The fraction of sp³-hybridized carbons (Fsp3) is 0.579. The number of benzene rings is 4. The summed E-state index contributed by atoms with van der Waals surface area (Å²) in [5, 5.41) is 9.74. The van der Waals surface area contributed by atoms with Crippen LogP contribution < -0.4 is 4.72 Å². The molecule has 3 saturated heterocycles. The first-order valence-corrected chi connectivity index (χ1v) is 27.8. The molecular formula is C57H81N3O9S. The maximum absolute atomic E-state index is 14.7. The predicted octanol–water partition coefficient (Wildman–Crippen LogP) is 9.74. The number of ether oxygens (including phenoxy) is 6. The summed E-state index contributed by atoms with van der Waals surface area (Å²) in [5.41, 5.74) is 2.80. The van der Waals surface area contributed by atoms with Crippen LogP contribution in [-0.4, -0.2) is 119 Å². The molecule has 0 amide bonds. The zero-order chi connectivity index (χ0) is 48.9. The summed E-state index contributed by atoms with van der Waals surface area (Å²) in [6.45, 7) is 9.16. The largest absolute Gasteiger partial charge is 0.395 e. The quantitative estimate of drug-likeness (QED) is 0.0485. The number of piperazine rings is 1. The highest BCUT2D eigenvalue weighted by Crippen LogP contribution is 2.38. The van der Waals surface area contributed by atoms with E-state index < -0.39 is 52.6 Å². The van der Waals surface area contributed by atoms with E-state index in [9.17, 15) is 13.5 Å². The van der Waals surface area contributed by atoms with Crippen molar-refractivity contribution in [2.45, 2.75) is 158 Å². The first kappa shape index (κ1) is 54.2. The van der Waals surface area contributed by atoms with E-state index in [4.69, 9.17) is 28.4 Å². The lowest BCUT2D eigenvalue weighted by atomic mass is 9.92. The summed E-state index contributed by atoms with van der Waals surface area (Å²) < 4.78 is 73.8. The number of aliphatic hydroxyl groups is 1. The number of hydrogen-bond donors (Lipinski definition) is 2. The standard InChI is InChI=1S/C57H81N3O9S/c1-3-4-5-6-7-8-9-10-11-12-13-23-34-57(44-60-37-35-59(36-38-60)39-40-61,58-70(62,63)50-32-30-46(2)31-33-50)45-67-56-54(65-42-48-26-19-15-20-27-48)53(64-41-47-24-17-14-18-25-47)52-51(68-56)43-66-55(69-52)49-28-21-16-22-29-49/h14-22,24-33,51-56,58,61H,3-13,23,34-45H2,1-2H3/t51-,52+,53+,54-,55+,56-,57?/m1/s1. The molecule has 4 aromatic rings. The van der Waals surface area contributed by atoms with Crippen LogP contribution in [0.2, 0.25) is 0 Å². The van der Waals surface area contributed by atoms with Gasteiger partial charge in [0.25, 0.3) is 0 Å². The zero-order valence-electron chi connectivity index (χ0n) is 41.9. The molecule has 70 heavy (non-hydrogen) atoms. The molecule has 12 nitrogen and oxygen atoms in total. The Morgan fingerprint density at radius 1 is 0.657 bits per heavy atom. The molecule has 13 heteroatoms. The summed E-state index contributed by atoms with van der Waals surface area (Å²) in [7, 11) is -4.02. The van der Waals surface area contributed by atoms with Gasteiger partial charge in [-0.1, -0.05) is 193 Å². The number of aliphatic hydroxyl groups excluding tert-OH is 1. The molecule has 0 aliphatic carbocycles. The summed E-state index contributed by atoms with van der Waals surface area (Å²) in [4.78, 5) is 4.81. The van der Waals surface area contributed by atoms with Crippen molar-refractivity contribution in [1.82, 2.24) is 14.5 Å². The molecule has 0 radical (unpaired) electrons. The van der Waals surface area contributed by atoms with Gasteiger partial charge in [-0.15, -0.1) is 0 Å². The van der Waals surface area contributed by atoms with Gasteiger partial charge in [0.05, 0.1) is 43.5 Å². The lowest BCUT2D eigenvalue weighted by Gasteiger charge is -2.49. The Bertz CT molecular complexity index is 2150. The van der Waals surface area contributed by atoms with Crippen LogP contribution in [0.1, 0.15) is 119 Å².